The van der Waals surface area contributed by atoms with Gasteiger partial charge in [-0.05, 0) is 49.9 Å². The Hall–Kier alpha value is -3.13. The van der Waals surface area contributed by atoms with E-state index in [1.165, 1.54) is 50.7 Å². The van der Waals surface area contributed by atoms with E-state index < -0.39 is 11.9 Å². The number of hydrazine groups is 1. The Labute approximate surface area is 199 Å². The molecule has 4 rings (SSSR count). The van der Waals surface area contributed by atoms with Crippen LogP contribution in [0.5, 0.6) is 0 Å². The van der Waals surface area contributed by atoms with E-state index in [0.717, 1.165) is 11.6 Å². The highest BCUT2D eigenvalue weighted by atomic mass is 19.4. The number of fused-ring (bicyclic) bond motifs is 1. The van der Waals surface area contributed by atoms with Gasteiger partial charge in [0.05, 0.1) is 11.2 Å². The van der Waals surface area contributed by atoms with Crippen molar-refractivity contribution in [2.45, 2.75) is 58.5 Å². The van der Waals surface area contributed by atoms with E-state index in [0.29, 0.717) is 11.1 Å². The molecule has 1 aliphatic rings. The van der Waals surface area contributed by atoms with Crippen molar-refractivity contribution in [2.75, 3.05) is 5.43 Å². The summed E-state index contributed by atoms with van der Waals surface area (Å²) in [5, 5.41) is 0.570. The average molecular weight is 479 g/mol. The molecule has 186 valence electrons. The SMILES string of the molecule is C1CCCCC1.C=C(C)N.Cc1ccc2nc(C(F)(F)F)cc(NN)c2c1.Fc1ccccc1. The summed E-state index contributed by atoms with van der Waals surface area (Å²) in [7, 11) is 0. The second kappa shape index (κ2) is 14.9. The van der Waals surface area contributed by atoms with Crippen LogP contribution < -0.4 is 17.0 Å². The van der Waals surface area contributed by atoms with Crippen molar-refractivity contribution in [2.24, 2.45) is 11.6 Å². The Morgan fingerprint density at radius 3 is 1.82 bits per heavy atom. The van der Waals surface area contributed by atoms with Crippen LogP contribution in [-0.4, -0.2) is 4.98 Å². The maximum absolute atomic E-state index is 12.6. The van der Waals surface area contributed by atoms with Gasteiger partial charge in [-0.15, -0.1) is 0 Å². The molecule has 0 bridgehead atoms. The maximum atomic E-state index is 12.6. The lowest BCUT2D eigenvalue weighted by atomic mass is 10.0. The Balaban J connectivity index is 0.000000278. The van der Waals surface area contributed by atoms with E-state index in [9.17, 15) is 17.6 Å². The van der Waals surface area contributed by atoms with Gasteiger partial charge in [-0.3, -0.25) is 5.84 Å². The molecule has 0 aliphatic heterocycles. The van der Waals surface area contributed by atoms with Gasteiger partial charge in [-0.2, -0.15) is 13.2 Å². The molecule has 0 atom stereocenters. The molecular weight excluding hydrogens is 444 g/mol. The fraction of sp³-hybridized carbons (Fsp3) is 0.346. The van der Waals surface area contributed by atoms with Crippen molar-refractivity contribution in [1.82, 2.24) is 4.98 Å². The molecule has 0 saturated heterocycles. The van der Waals surface area contributed by atoms with E-state index >= 15 is 0 Å². The summed E-state index contributed by atoms with van der Waals surface area (Å²) in [5.41, 5.74) is 8.30. The number of hydrogen-bond acceptors (Lipinski definition) is 4. The number of allylic oxidation sites excluding steroid dienone is 1. The van der Waals surface area contributed by atoms with Crippen LogP contribution in [-0.2, 0) is 6.18 Å². The van der Waals surface area contributed by atoms with Crippen LogP contribution in [0.2, 0.25) is 0 Å². The monoisotopic (exact) mass is 478 g/mol. The fourth-order valence-corrected chi connectivity index (χ4v) is 3.08. The van der Waals surface area contributed by atoms with Gasteiger partial charge in [0.25, 0.3) is 0 Å². The first-order valence-electron chi connectivity index (χ1n) is 11.1. The lowest BCUT2D eigenvalue weighted by molar-refractivity contribution is -0.140. The molecule has 1 heterocycles. The van der Waals surface area contributed by atoms with Crippen LogP contribution in [0.1, 0.15) is 56.7 Å². The van der Waals surface area contributed by atoms with Crippen LogP contribution in [0.4, 0.5) is 23.2 Å². The summed E-state index contributed by atoms with van der Waals surface area (Å²) in [4.78, 5) is 3.58. The number of nitrogens with one attached hydrogen (secondary N) is 1. The molecule has 1 aromatic heterocycles. The molecule has 4 nitrogen and oxygen atoms in total. The summed E-state index contributed by atoms with van der Waals surface area (Å²) in [6, 6.07) is 13.8. The second-order valence-corrected chi connectivity index (χ2v) is 7.98. The van der Waals surface area contributed by atoms with Crippen LogP contribution in [0.25, 0.3) is 10.9 Å². The maximum Gasteiger partial charge on any atom is 0.433 e. The molecule has 0 unspecified atom stereocenters. The molecule has 3 aromatic rings. The molecule has 1 saturated carbocycles. The number of alkyl halides is 3. The zero-order chi connectivity index (χ0) is 25.6. The number of aromatic nitrogens is 1. The highest BCUT2D eigenvalue weighted by molar-refractivity contribution is 5.91. The number of nitrogens with two attached hydrogens (primary N) is 2. The van der Waals surface area contributed by atoms with Crippen molar-refractivity contribution >= 4 is 16.6 Å². The van der Waals surface area contributed by atoms with Gasteiger partial charge in [-0.25, -0.2) is 9.37 Å². The number of pyridine rings is 1. The predicted octanol–water partition coefficient (Wildman–Crippen LogP) is 7.49. The Morgan fingerprint density at radius 1 is 0.941 bits per heavy atom. The Morgan fingerprint density at radius 2 is 1.44 bits per heavy atom. The van der Waals surface area contributed by atoms with E-state index in [1.54, 1.807) is 43.3 Å². The summed E-state index contributed by atoms with van der Waals surface area (Å²) in [6.45, 7) is 6.93. The van der Waals surface area contributed by atoms with Gasteiger partial charge < -0.3 is 11.2 Å². The Kier molecular flexibility index (Phi) is 12.7. The van der Waals surface area contributed by atoms with Crippen molar-refractivity contribution in [3.8, 4) is 0 Å². The number of rotatable bonds is 1. The van der Waals surface area contributed by atoms with Crippen molar-refractivity contribution < 1.29 is 17.6 Å². The number of benzene rings is 2. The number of hydrogen-bond donors (Lipinski definition) is 3. The van der Waals surface area contributed by atoms with Gasteiger partial charge in [0.2, 0.25) is 0 Å². The van der Waals surface area contributed by atoms with Crippen LogP contribution >= 0.6 is 0 Å². The van der Waals surface area contributed by atoms with Gasteiger partial charge in [0, 0.05) is 5.39 Å². The largest absolute Gasteiger partial charge is 0.433 e. The molecule has 0 spiro atoms. The minimum Gasteiger partial charge on any atom is -0.403 e. The lowest BCUT2D eigenvalue weighted by Crippen LogP contribution is -2.12. The quantitative estimate of drug-likeness (QED) is 0.192. The standard InChI is InChI=1S/C11H10F3N3.C6H5F.C6H12.C3H7N/c1-6-2-3-8-7(4-6)9(17-15)5-10(16-8)11(12,13)14;7-6-4-2-1-3-5-6;1-2-4-6-5-3-1;1-3(2)4/h2-5H,15H2,1H3,(H,16,17);1-5H;1-6H2;1,4H2,2H3. The van der Waals surface area contributed by atoms with E-state index in [4.69, 9.17) is 11.6 Å². The van der Waals surface area contributed by atoms with Crippen molar-refractivity contribution in [1.29, 1.82) is 0 Å². The van der Waals surface area contributed by atoms with E-state index in [1.807, 2.05) is 6.92 Å². The first kappa shape index (κ1) is 28.9. The van der Waals surface area contributed by atoms with Gasteiger partial charge in [-0.1, -0.05) is 74.9 Å². The average Bonchev–Trinajstić information content (AvgIpc) is 2.80. The summed E-state index contributed by atoms with van der Waals surface area (Å²) in [5.74, 6) is 5.05. The minimum absolute atomic E-state index is 0.178. The zero-order valence-corrected chi connectivity index (χ0v) is 19.8. The topological polar surface area (TPSA) is 77.0 Å². The number of anilines is 1. The first-order chi connectivity index (χ1) is 16.0. The summed E-state index contributed by atoms with van der Waals surface area (Å²) >= 11 is 0. The minimum atomic E-state index is -4.48. The molecule has 1 fully saturated rings. The molecular formula is C26H34F4N4. The highest BCUT2D eigenvalue weighted by Crippen LogP contribution is 2.32. The first-order valence-corrected chi connectivity index (χ1v) is 11.1. The Bertz CT molecular complexity index is 985. The third-order valence-electron chi connectivity index (χ3n) is 4.64. The zero-order valence-electron chi connectivity index (χ0n) is 19.8. The molecule has 1 aliphatic carbocycles. The van der Waals surface area contributed by atoms with E-state index in [-0.39, 0.29) is 17.0 Å². The fourth-order valence-electron chi connectivity index (χ4n) is 3.08. The van der Waals surface area contributed by atoms with Gasteiger partial charge in [0.1, 0.15) is 11.5 Å². The molecule has 8 heteroatoms. The third kappa shape index (κ3) is 11.7. The van der Waals surface area contributed by atoms with Gasteiger partial charge >= 0.3 is 6.18 Å². The second-order valence-electron chi connectivity index (χ2n) is 7.98. The molecule has 0 amide bonds. The van der Waals surface area contributed by atoms with Crippen LogP contribution in [0.3, 0.4) is 0 Å². The van der Waals surface area contributed by atoms with Gasteiger partial charge in [0.15, 0.2) is 0 Å². The van der Waals surface area contributed by atoms with Crippen LogP contribution in [0, 0.1) is 12.7 Å². The summed E-state index contributed by atoms with van der Waals surface area (Å²) < 4.78 is 49.6. The number of aryl methyl sites for hydroxylation is 1. The van der Waals surface area contributed by atoms with Crippen molar-refractivity contribution in [3.63, 3.8) is 0 Å². The number of nitrogens with zero attached hydrogens (tertiary/aromatic N) is 1. The van der Waals surface area contributed by atoms with Crippen LogP contribution in [0.15, 0.2) is 66.9 Å². The van der Waals surface area contributed by atoms with E-state index in [2.05, 4.69) is 17.0 Å². The molecule has 2 aromatic carbocycles. The normalized spacial score (nSPS) is 12.7. The van der Waals surface area contributed by atoms with Crippen molar-refractivity contribution in [3.05, 3.63) is 83.9 Å². The number of nitrogen functional groups attached to an aromatic ring is 1. The molecule has 5 N–H and O–H groups in total. The predicted molar refractivity (Wildman–Crippen MR) is 132 cm³/mol. The lowest BCUT2D eigenvalue weighted by Gasteiger charge is -2.11. The smallest absolute Gasteiger partial charge is 0.403 e. The number of halogens is 4. The molecule has 0 radical (unpaired) electrons. The molecule has 34 heavy (non-hydrogen) atoms. The summed E-state index contributed by atoms with van der Waals surface area (Å²) in [6.07, 6.45) is 4.52. The third-order valence-corrected chi connectivity index (χ3v) is 4.64. The highest BCUT2D eigenvalue weighted by Gasteiger charge is 2.33.